The molecule has 2 saturated carbocycles. The number of likely N-dealkylation sites (tertiary alicyclic amines) is 1. The van der Waals surface area contributed by atoms with E-state index in [1.165, 1.54) is 63.6 Å². The van der Waals surface area contributed by atoms with Gasteiger partial charge in [0.1, 0.15) is 5.75 Å². The summed E-state index contributed by atoms with van der Waals surface area (Å²) in [7, 11) is 1.72. The number of thiocarbonyl (C=S) groups is 1. The molecule has 0 aromatic heterocycles. The maximum absolute atomic E-state index is 5.65. The van der Waals surface area contributed by atoms with E-state index in [1.807, 2.05) is 0 Å². The maximum Gasteiger partial charge on any atom is 0.166 e. The first-order chi connectivity index (χ1) is 13.2. The zero-order chi connectivity index (χ0) is 18.6. The highest BCUT2D eigenvalue weighted by Crippen LogP contribution is 2.44. The van der Waals surface area contributed by atoms with Gasteiger partial charge in [-0.15, -0.1) is 0 Å². The molecule has 0 unspecified atom stereocenters. The lowest BCUT2D eigenvalue weighted by molar-refractivity contribution is 0.164. The summed E-state index contributed by atoms with van der Waals surface area (Å²) in [6.07, 6.45) is 9.46. The van der Waals surface area contributed by atoms with Gasteiger partial charge in [0.25, 0.3) is 0 Å². The molecule has 148 valence electrons. The zero-order valence-corrected chi connectivity index (χ0v) is 17.3. The van der Waals surface area contributed by atoms with Crippen molar-refractivity contribution in [1.29, 1.82) is 0 Å². The zero-order valence-electron chi connectivity index (χ0n) is 16.5. The summed E-state index contributed by atoms with van der Waals surface area (Å²) in [5.41, 5.74) is 1.34. The number of benzene rings is 1. The van der Waals surface area contributed by atoms with Crippen molar-refractivity contribution in [2.24, 2.45) is 11.8 Å². The van der Waals surface area contributed by atoms with E-state index in [1.54, 1.807) is 7.11 Å². The standard InChI is InChI=1S/C22H33N3OS/c1-26-19-9-7-17(8-10-19)21(25-11-3-2-4-12-25)15-23-22(27)24-20-14-16-5-6-18(20)13-16/h7-10,16,18,20-21H,2-6,11-15H2,1H3,(H2,23,24,27)/t16-,18-,20+,21-/m1/s1. The third-order valence-corrected chi connectivity index (χ3v) is 7.10. The van der Waals surface area contributed by atoms with Crippen molar-refractivity contribution in [3.63, 3.8) is 0 Å². The smallest absolute Gasteiger partial charge is 0.166 e. The predicted molar refractivity (Wildman–Crippen MR) is 114 cm³/mol. The van der Waals surface area contributed by atoms with Crippen molar-refractivity contribution in [2.45, 2.75) is 57.0 Å². The summed E-state index contributed by atoms with van der Waals surface area (Å²) in [4.78, 5) is 2.61. The Balaban J connectivity index is 1.36. The Morgan fingerprint density at radius 1 is 1.15 bits per heavy atom. The number of methoxy groups -OCH3 is 1. The van der Waals surface area contributed by atoms with E-state index >= 15 is 0 Å². The summed E-state index contributed by atoms with van der Waals surface area (Å²) in [6, 6.07) is 9.49. The number of ether oxygens (including phenoxy) is 1. The second-order valence-corrected chi connectivity index (χ2v) is 8.93. The van der Waals surface area contributed by atoms with Gasteiger partial charge in [-0.25, -0.2) is 0 Å². The molecule has 2 aliphatic carbocycles. The predicted octanol–water partition coefficient (Wildman–Crippen LogP) is 3.87. The Bertz CT molecular complexity index is 629. The molecule has 5 heteroatoms. The van der Waals surface area contributed by atoms with Crippen molar-refractivity contribution < 1.29 is 4.74 Å². The second-order valence-electron chi connectivity index (χ2n) is 8.52. The summed E-state index contributed by atoms with van der Waals surface area (Å²) >= 11 is 5.65. The Labute approximate surface area is 169 Å². The highest BCUT2D eigenvalue weighted by Gasteiger charge is 2.39. The number of piperidine rings is 1. The van der Waals surface area contributed by atoms with Crippen LogP contribution in [0.5, 0.6) is 5.75 Å². The molecule has 3 fully saturated rings. The van der Waals surface area contributed by atoms with E-state index in [4.69, 9.17) is 17.0 Å². The Morgan fingerprint density at radius 3 is 2.56 bits per heavy atom. The second kappa shape index (κ2) is 8.78. The molecular formula is C22H33N3OS. The van der Waals surface area contributed by atoms with Crippen LogP contribution >= 0.6 is 12.2 Å². The Morgan fingerprint density at radius 2 is 1.93 bits per heavy atom. The topological polar surface area (TPSA) is 36.5 Å². The van der Waals surface area contributed by atoms with Crippen molar-refractivity contribution in [1.82, 2.24) is 15.5 Å². The van der Waals surface area contributed by atoms with E-state index in [-0.39, 0.29) is 0 Å². The van der Waals surface area contributed by atoms with Crippen LogP contribution in [0.25, 0.3) is 0 Å². The van der Waals surface area contributed by atoms with Crippen LogP contribution in [0.1, 0.15) is 56.6 Å². The van der Waals surface area contributed by atoms with Crippen LogP contribution in [0.2, 0.25) is 0 Å². The molecule has 27 heavy (non-hydrogen) atoms. The van der Waals surface area contributed by atoms with Crippen LogP contribution in [-0.4, -0.2) is 42.8 Å². The van der Waals surface area contributed by atoms with Crippen molar-refractivity contribution >= 4 is 17.3 Å². The number of nitrogens with zero attached hydrogens (tertiary/aromatic N) is 1. The van der Waals surface area contributed by atoms with Crippen LogP contribution in [0.4, 0.5) is 0 Å². The van der Waals surface area contributed by atoms with Crippen LogP contribution in [0, 0.1) is 11.8 Å². The van der Waals surface area contributed by atoms with Crippen LogP contribution in [-0.2, 0) is 0 Å². The van der Waals surface area contributed by atoms with Crippen molar-refractivity contribution in [2.75, 3.05) is 26.7 Å². The first-order valence-electron chi connectivity index (χ1n) is 10.7. The molecule has 2 bridgehead atoms. The van der Waals surface area contributed by atoms with E-state index in [0.29, 0.717) is 12.1 Å². The number of fused-ring (bicyclic) bond motifs is 2. The number of nitrogens with one attached hydrogen (secondary N) is 2. The van der Waals surface area contributed by atoms with Crippen molar-refractivity contribution in [3.8, 4) is 5.75 Å². The monoisotopic (exact) mass is 387 g/mol. The van der Waals surface area contributed by atoms with Crippen LogP contribution < -0.4 is 15.4 Å². The quantitative estimate of drug-likeness (QED) is 0.725. The third-order valence-electron chi connectivity index (χ3n) is 6.84. The first kappa shape index (κ1) is 19.0. The fourth-order valence-corrected chi connectivity index (χ4v) is 5.58. The fourth-order valence-electron chi connectivity index (χ4n) is 5.34. The maximum atomic E-state index is 5.65. The summed E-state index contributed by atoms with van der Waals surface area (Å²) in [6.45, 7) is 3.20. The minimum atomic E-state index is 0.357. The van der Waals surface area contributed by atoms with Gasteiger partial charge in [-0.05, 0) is 86.9 Å². The highest BCUT2D eigenvalue weighted by molar-refractivity contribution is 7.80. The van der Waals surface area contributed by atoms with Crippen LogP contribution in [0.3, 0.4) is 0 Å². The molecule has 0 amide bonds. The molecule has 2 N–H and O–H groups in total. The molecular weight excluding hydrogens is 354 g/mol. The fraction of sp³-hybridized carbons (Fsp3) is 0.682. The molecule has 1 saturated heterocycles. The highest BCUT2D eigenvalue weighted by atomic mass is 32.1. The molecule has 3 aliphatic rings. The minimum absolute atomic E-state index is 0.357. The van der Waals surface area contributed by atoms with Gasteiger partial charge in [0.15, 0.2) is 5.11 Å². The van der Waals surface area contributed by atoms with Gasteiger partial charge in [0, 0.05) is 12.6 Å². The third kappa shape index (κ3) is 4.57. The van der Waals surface area contributed by atoms with E-state index in [2.05, 4.69) is 39.8 Å². The lowest BCUT2D eigenvalue weighted by Gasteiger charge is -2.35. The average molecular weight is 388 g/mol. The minimum Gasteiger partial charge on any atom is -0.497 e. The Hall–Kier alpha value is -1.33. The lowest BCUT2D eigenvalue weighted by atomic mass is 9.95. The Kier molecular flexibility index (Phi) is 6.18. The number of rotatable bonds is 6. The molecule has 4 nitrogen and oxygen atoms in total. The summed E-state index contributed by atoms with van der Waals surface area (Å²) in [5, 5.41) is 8.00. The van der Waals surface area contributed by atoms with E-state index in [9.17, 15) is 0 Å². The molecule has 4 atom stereocenters. The van der Waals surface area contributed by atoms with Crippen LogP contribution in [0.15, 0.2) is 24.3 Å². The molecule has 1 aliphatic heterocycles. The van der Waals surface area contributed by atoms with Gasteiger partial charge in [-0.1, -0.05) is 25.0 Å². The molecule has 1 aromatic rings. The largest absolute Gasteiger partial charge is 0.497 e. The lowest BCUT2D eigenvalue weighted by Crippen LogP contribution is -2.47. The van der Waals surface area contributed by atoms with Gasteiger partial charge in [-0.3, -0.25) is 4.90 Å². The molecule has 1 aromatic carbocycles. The van der Waals surface area contributed by atoms with Gasteiger partial charge in [0.2, 0.25) is 0 Å². The molecule has 4 rings (SSSR count). The van der Waals surface area contributed by atoms with E-state index < -0.39 is 0 Å². The summed E-state index contributed by atoms with van der Waals surface area (Å²) in [5.74, 6) is 2.70. The SMILES string of the molecule is COc1ccc([C@@H](CNC(=S)N[C@H]2C[C@@H]3CC[C@@H]2C3)N2CCCCC2)cc1. The van der Waals surface area contributed by atoms with Gasteiger partial charge < -0.3 is 15.4 Å². The normalized spacial score (nSPS) is 28.7. The number of hydrogen-bond acceptors (Lipinski definition) is 3. The first-order valence-corrected chi connectivity index (χ1v) is 11.1. The van der Waals surface area contributed by atoms with Gasteiger partial charge in [-0.2, -0.15) is 0 Å². The van der Waals surface area contributed by atoms with Crippen molar-refractivity contribution in [3.05, 3.63) is 29.8 Å². The number of hydrogen-bond donors (Lipinski definition) is 2. The van der Waals surface area contributed by atoms with Gasteiger partial charge in [0.05, 0.1) is 13.2 Å². The molecule has 1 heterocycles. The van der Waals surface area contributed by atoms with Gasteiger partial charge >= 0.3 is 0 Å². The molecule has 0 spiro atoms. The molecule has 0 radical (unpaired) electrons. The van der Waals surface area contributed by atoms with E-state index in [0.717, 1.165) is 29.2 Å². The summed E-state index contributed by atoms with van der Waals surface area (Å²) < 4.78 is 5.33. The average Bonchev–Trinajstić information content (AvgIpc) is 3.32.